The average Bonchev–Trinajstić information content (AvgIpc) is 3.99. The standard InChI is InChI=1S/C75H67N/c1-71(2,3)50-36-40-52(41-37-50)75(53-42-38-51(39-43-53)72(4,5)6)64-29-17-13-24-61(64)69-65(75)30-20-32-68(69)76(54-44-33-48(34-45-54)49-35-46-57-55-21-11-15-27-62(55)73(7,8)66(57)47-49)67-31-18-14-23-58(67)60-26-19-25-59-56-22-12-16-28-63(56)74(9,10)70(59)60/h11-47H,1-10H3. The Hall–Kier alpha value is -8.00. The van der Waals surface area contributed by atoms with Crippen LogP contribution in [0.2, 0.25) is 0 Å². The summed E-state index contributed by atoms with van der Waals surface area (Å²) in [5.74, 6) is 0. The first-order valence-electron chi connectivity index (χ1n) is 27.4. The highest BCUT2D eigenvalue weighted by Crippen LogP contribution is 2.61. The Balaban J connectivity index is 1.05. The van der Waals surface area contributed by atoms with E-state index in [0.29, 0.717) is 0 Å². The summed E-state index contributed by atoms with van der Waals surface area (Å²) in [4.78, 5) is 2.58. The largest absolute Gasteiger partial charge is 0.309 e. The predicted molar refractivity (Wildman–Crippen MR) is 322 cm³/mol. The van der Waals surface area contributed by atoms with E-state index in [2.05, 4.69) is 299 Å². The minimum atomic E-state index is -0.596. The first-order valence-corrected chi connectivity index (χ1v) is 27.4. The van der Waals surface area contributed by atoms with Gasteiger partial charge in [-0.1, -0.05) is 263 Å². The lowest BCUT2D eigenvalue weighted by Crippen LogP contribution is -2.29. The minimum Gasteiger partial charge on any atom is -0.309 e. The van der Waals surface area contributed by atoms with E-state index in [1.807, 2.05) is 0 Å². The monoisotopic (exact) mass is 982 g/mol. The number of anilines is 3. The molecule has 1 heteroatoms. The van der Waals surface area contributed by atoms with Gasteiger partial charge in [0.1, 0.15) is 0 Å². The van der Waals surface area contributed by atoms with E-state index in [9.17, 15) is 0 Å². The molecule has 10 aromatic rings. The lowest BCUT2D eigenvalue weighted by Gasteiger charge is -2.35. The molecule has 0 spiro atoms. The summed E-state index contributed by atoms with van der Waals surface area (Å²) in [6.07, 6.45) is 0. The van der Waals surface area contributed by atoms with Crippen LogP contribution in [0.25, 0.3) is 55.6 Å². The molecule has 0 fully saturated rings. The van der Waals surface area contributed by atoms with Crippen molar-refractivity contribution in [3.05, 3.63) is 280 Å². The van der Waals surface area contributed by atoms with Gasteiger partial charge in [-0.3, -0.25) is 0 Å². The molecule has 0 amide bonds. The molecular formula is C75H67N. The van der Waals surface area contributed by atoms with Crippen LogP contribution in [0, 0.1) is 0 Å². The molecule has 0 unspecified atom stereocenters. The third kappa shape index (κ3) is 7.04. The molecule has 76 heavy (non-hydrogen) atoms. The summed E-state index contributed by atoms with van der Waals surface area (Å²) in [5, 5.41) is 0. The second-order valence-electron chi connectivity index (χ2n) is 24.9. The first-order chi connectivity index (χ1) is 36.5. The lowest BCUT2D eigenvalue weighted by molar-refractivity contribution is 0.588. The Labute approximate surface area is 451 Å². The van der Waals surface area contributed by atoms with E-state index < -0.39 is 5.41 Å². The van der Waals surface area contributed by atoms with Crippen molar-refractivity contribution in [2.45, 2.75) is 96.3 Å². The van der Waals surface area contributed by atoms with Crippen LogP contribution in [-0.4, -0.2) is 0 Å². The summed E-state index contributed by atoms with van der Waals surface area (Å²) in [6, 6.07) is 86.0. The smallest absolute Gasteiger partial charge is 0.0714 e. The Morgan fingerprint density at radius 2 is 0.750 bits per heavy atom. The fraction of sp³-hybridized carbons (Fsp3) is 0.200. The molecule has 0 saturated heterocycles. The topological polar surface area (TPSA) is 3.24 Å². The van der Waals surface area contributed by atoms with Crippen molar-refractivity contribution in [3.63, 3.8) is 0 Å². The van der Waals surface area contributed by atoms with Crippen molar-refractivity contribution >= 4 is 17.1 Å². The first kappa shape index (κ1) is 47.7. The third-order valence-corrected chi connectivity index (χ3v) is 17.7. The highest BCUT2D eigenvalue weighted by atomic mass is 15.1. The normalized spacial score (nSPS) is 15.0. The van der Waals surface area contributed by atoms with E-state index in [4.69, 9.17) is 0 Å². The maximum atomic E-state index is 2.58. The molecule has 0 aliphatic heterocycles. The zero-order chi connectivity index (χ0) is 52.5. The molecule has 3 aliphatic rings. The lowest BCUT2D eigenvalue weighted by atomic mass is 9.67. The number of para-hydroxylation sites is 1. The number of fused-ring (bicyclic) bond motifs is 9. The van der Waals surface area contributed by atoms with Crippen molar-refractivity contribution in [2.75, 3.05) is 4.90 Å². The predicted octanol–water partition coefficient (Wildman–Crippen LogP) is 20.1. The Bertz CT molecular complexity index is 3870. The number of nitrogens with zero attached hydrogens (tertiary/aromatic N) is 1. The average molecular weight is 982 g/mol. The van der Waals surface area contributed by atoms with Gasteiger partial charge in [-0.25, -0.2) is 0 Å². The van der Waals surface area contributed by atoms with Crippen molar-refractivity contribution in [2.24, 2.45) is 0 Å². The van der Waals surface area contributed by atoms with Crippen molar-refractivity contribution in [1.29, 1.82) is 0 Å². The van der Waals surface area contributed by atoms with Crippen LogP contribution in [-0.2, 0) is 27.1 Å². The van der Waals surface area contributed by atoms with Crippen LogP contribution >= 0.6 is 0 Å². The molecule has 372 valence electrons. The van der Waals surface area contributed by atoms with Gasteiger partial charge in [0.15, 0.2) is 0 Å². The zero-order valence-corrected chi connectivity index (χ0v) is 45.8. The van der Waals surface area contributed by atoms with Gasteiger partial charge in [0.2, 0.25) is 0 Å². The molecule has 3 aliphatic carbocycles. The summed E-state index contributed by atoms with van der Waals surface area (Å²) in [6.45, 7) is 23.4. The molecule has 0 aromatic heterocycles. The van der Waals surface area contributed by atoms with Crippen molar-refractivity contribution in [3.8, 4) is 55.6 Å². The van der Waals surface area contributed by atoms with Gasteiger partial charge in [0.05, 0.1) is 16.8 Å². The van der Waals surface area contributed by atoms with Gasteiger partial charge in [-0.2, -0.15) is 0 Å². The number of hydrogen-bond donors (Lipinski definition) is 0. The number of benzene rings is 10. The fourth-order valence-electron chi connectivity index (χ4n) is 13.8. The molecule has 1 nitrogen and oxygen atoms in total. The molecule has 0 radical (unpaired) electrons. The zero-order valence-electron chi connectivity index (χ0n) is 45.8. The third-order valence-electron chi connectivity index (χ3n) is 17.7. The summed E-state index contributed by atoms with van der Waals surface area (Å²) >= 11 is 0. The Morgan fingerprint density at radius 3 is 1.36 bits per heavy atom. The fourth-order valence-corrected chi connectivity index (χ4v) is 13.8. The van der Waals surface area contributed by atoms with Crippen LogP contribution in [0.3, 0.4) is 0 Å². The Kier molecular flexibility index (Phi) is 10.7. The molecular weight excluding hydrogens is 915 g/mol. The van der Waals surface area contributed by atoms with Gasteiger partial charge in [-0.05, 0) is 141 Å². The minimum absolute atomic E-state index is 0.0159. The van der Waals surface area contributed by atoms with Crippen LogP contribution in [0.15, 0.2) is 224 Å². The van der Waals surface area contributed by atoms with Crippen LogP contribution in [0.1, 0.15) is 125 Å². The van der Waals surface area contributed by atoms with E-state index in [-0.39, 0.29) is 21.7 Å². The SMILES string of the molecule is CC(C)(C)c1ccc(C2(c3ccc(C(C)(C)C)cc3)c3ccccc3-c3c(N(c4ccc(-c5ccc6c(c5)C(C)(C)c5ccccc5-6)cc4)c4ccccc4-c4cccc5c4C(C)(C)c4ccccc4-5)cccc32)cc1. The van der Waals surface area contributed by atoms with E-state index in [1.54, 1.807) is 0 Å². The second-order valence-corrected chi connectivity index (χ2v) is 24.9. The molecule has 0 N–H and O–H groups in total. The van der Waals surface area contributed by atoms with Gasteiger partial charge < -0.3 is 4.90 Å². The Morgan fingerprint density at radius 1 is 0.316 bits per heavy atom. The van der Waals surface area contributed by atoms with Gasteiger partial charge in [-0.15, -0.1) is 0 Å². The maximum absolute atomic E-state index is 2.58. The summed E-state index contributed by atoms with van der Waals surface area (Å²) in [7, 11) is 0. The second kappa shape index (κ2) is 17.0. The van der Waals surface area contributed by atoms with Crippen LogP contribution in [0.5, 0.6) is 0 Å². The molecule has 13 rings (SSSR count). The van der Waals surface area contributed by atoms with Crippen LogP contribution in [0.4, 0.5) is 17.1 Å². The summed E-state index contributed by atoms with van der Waals surface area (Å²) < 4.78 is 0. The number of hydrogen-bond acceptors (Lipinski definition) is 1. The van der Waals surface area contributed by atoms with Gasteiger partial charge in [0, 0.05) is 27.6 Å². The highest BCUT2D eigenvalue weighted by Gasteiger charge is 2.48. The van der Waals surface area contributed by atoms with Crippen LogP contribution < -0.4 is 4.90 Å². The summed E-state index contributed by atoms with van der Waals surface area (Å²) in [5.41, 5.74) is 28.6. The molecule has 0 bridgehead atoms. The molecule has 0 atom stereocenters. The number of rotatable bonds is 7. The van der Waals surface area contributed by atoms with E-state index in [0.717, 1.165) is 17.1 Å². The van der Waals surface area contributed by atoms with Gasteiger partial charge >= 0.3 is 0 Å². The molecule has 0 heterocycles. The molecule has 10 aromatic carbocycles. The van der Waals surface area contributed by atoms with E-state index >= 15 is 0 Å². The van der Waals surface area contributed by atoms with Crippen molar-refractivity contribution in [1.82, 2.24) is 0 Å². The van der Waals surface area contributed by atoms with Crippen molar-refractivity contribution < 1.29 is 0 Å². The quantitative estimate of drug-likeness (QED) is 0.154. The highest BCUT2D eigenvalue weighted by molar-refractivity contribution is 6.01. The maximum Gasteiger partial charge on any atom is 0.0714 e. The molecule has 0 saturated carbocycles. The van der Waals surface area contributed by atoms with E-state index in [1.165, 1.54) is 111 Å². The van der Waals surface area contributed by atoms with Gasteiger partial charge in [0.25, 0.3) is 0 Å².